The maximum atomic E-state index is 12.6. The number of nitrogens with zero attached hydrogens (tertiary/aromatic N) is 4. The Labute approximate surface area is 129 Å². The van der Waals surface area contributed by atoms with Crippen molar-refractivity contribution in [2.75, 3.05) is 6.54 Å². The average molecular weight is 307 g/mol. The van der Waals surface area contributed by atoms with Crippen molar-refractivity contribution in [3.63, 3.8) is 0 Å². The van der Waals surface area contributed by atoms with Gasteiger partial charge in [0.1, 0.15) is 5.82 Å². The molecule has 0 amide bonds. The third-order valence-electron chi connectivity index (χ3n) is 3.73. The Morgan fingerprint density at radius 1 is 1.18 bits per heavy atom. The quantitative estimate of drug-likeness (QED) is 0.840. The molecule has 0 spiro atoms. The van der Waals surface area contributed by atoms with Crippen LogP contribution in [0.2, 0.25) is 0 Å². The van der Waals surface area contributed by atoms with E-state index in [0.29, 0.717) is 23.6 Å². The van der Waals surface area contributed by atoms with Crippen LogP contribution in [0.3, 0.4) is 0 Å². The Hall–Kier alpha value is -1.89. The lowest BCUT2D eigenvalue weighted by Crippen LogP contribution is -2.42. The van der Waals surface area contributed by atoms with E-state index in [1.165, 1.54) is 4.57 Å². The van der Waals surface area contributed by atoms with Crippen LogP contribution >= 0.6 is 0 Å². The van der Waals surface area contributed by atoms with Gasteiger partial charge in [-0.2, -0.15) is 0 Å². The Morgan fingerprint density at radius 3 is 2.41 bits per heavy atom. The second-order valence-corrected chi connectivity index (χ2v) is 6.04. The van der Waals surface area contributed by atoms with Crippen molar-refractivity contribution in [3.8, 4) is 0 Å². The van der Waals surface area contributed by atoms with E-state index in [1.807, 2.05) is 18.5 Å². The predicted octanol–water partition coefficient (Wildman–Crippen LogP) is 0.464. The van der Waals surface area contributed by atoms with Gasteiger partial charge in [0.15, 0.2) is 11.2 Å². The molecule has 0 bridgehead atoms. The maximum Gasteiger partial charge on any atom is 0.332 e. The summed E-state index contributed by atoms with van der Waals surface area (Å²) < 4.78 is 4.63. The van der Waals surface area contributed by atoms with Crippen LogP contribution in [-0.2, 0) is 26.6 Å². The van der Waals surface area contributed by atoms with Gasteiger partial charge in [0.05, 0.1) is 0 Å². The Kier molecular flexibility index (Phi) is 4.85. The van der Waals surface area contributed by atoms with E-state index >= 15 is 0 Å². The molecule has 0 aliphatic heterocycles. The molecule has 0 radical (unpaired) electrons. The molecule has 0 aliphatic carbocycles. The summed E-state index contributed by atoms with van der Waals surface area (Å²) in [5.41, 5.74) is 5.89. The van der Waals surface area contributed by atoms with Gasteiger partial charge in [-0.25, -0.2) is 9.78 Å². The average Bonchev–Trinajstić information content (AvgIpc) is 2.76. The first-order valence-corrected chi connectivity index (χ1v) is 7.81. The van der Waals surface area contributed by atoms with Crippen LogP contribution in [0, 0.1) is 5.92 Å². The van der Waals surface area contributed by atoms with E-state index < -0.39 is 0 Å². The van der Waals surface area contributed by atoms with E-state index in [0.717, 1.165) is 18.7 Å². The molecule has 7 heteroatoms. The first kappa shape index (κ1) is 16.5. The highest BCUT2D eigenvalue weighted by molar-refractivity contribution is 5.71. The topological polar surface area (TPSA) is 87.8 Å². The van der Waals surface area contributed by atoms with Crippen molar-refractivity contribution in [1.29, 1.82) is 0 Å². The van der Waals surface area contributed by atoms with Gasteiger partial charge in [0.25, 0.3) is 5.56 Å². The highest BCUT2D eigenvalue weighted by Crippen LogP contribution is 2.13. The minimum absolute atomic E-state index is 0.224. The Morgan fingerprint density at radius 2 is 1.86 bits per heavy atom. The van der Waals surface area contributed by atoms with Crippen molar-refractivity contribution in [2.24, 2.45) is 18.7 Å². The van der Waals surface area contributed by atoms with Gasteiger partial charge in [-0.1, -0.05) is 20.8 Å². The SMILES string of the molecule is CCCn1c(=O)n(CCN)c(=O)c2c1nc(CC(C)C)n2C. The molecule has 0 saturated carbocycles. The van der Waals surface area contributed by atoms with E-state index in [2.05, 4.69) is 18.8 Å². The van der Waals surface area contributed by atoms with Crippen LogP contribution in [0.1, 0.15) is 33.0 Å². The maximum absolute atomic E-state index is 12.6. The number of aromatic nitrogens is 4. The van der Waals surface area contributed by atoms with Gasteiger partial charge in [-0.05, 0) is 12.3 Å². The fourth-order valence-electron chi connectivity index (χ4n) is 2.71. The standard InChI is InChI=1S/C15H25N5O2/c1-5-7-19-13-12(14(21)20(8-6-16)15(19)22)18(4)11(17-13)9-10(2)3/h10H,5-9,16H2,1-4H3. The highest BCUT2D eigenvalue weighted by Gasteiger charge is 2.19. The number of nitrogens with two attached hydrogens (primary N) is 1. The molecule has 2 N–H and O–H groups in total. The molecule has 0 saturated heterocycles. The zero-order chi connectivity index (χ0) is 16.4. The van der Waals surface area contributed by atoms with E-state index in [-0.39, 0.29) is 24.3 Å². The first-order valence-electron chi connectivity index (χ1n) is 7.81. The zero-order valence-electron chi connectivity index (χ0n) is 13.8. The van der Waals surface area contributed by atoms with Crippen LogP contribution in [0.4, 0.5) is 0 Å². The Balaban J connectivity index is 2.84. The van der Waals surface area contributed by atoms with Gasteiger partial charge in [0.2, 0.25) is 0 Å². The van der Waals surface area contributed by atoms with E-state index in [9.17, 15) is 9.59 Å². The van der Waals surface area contributed by atoms with Crippen LogP contribution in [0.15, 0.2) is 9.59 Å². The fraction of sp³-hybridized carbons (Fsp3) is 0.667. The minimum Gasteiger partial charge on any atom is -0.329 e. The predicted molar refractivity (Wildman–Crippen MR) is 87.1 cm³/mol. The molecular formula is C15H25N5O2. The van der Waals surface area contributed by atoms with Gasteiger partial charge in [0, 0.05) is 33.1 Å². The van der Waals surface area contributed by atoms with Crippen molar-refractivity contribution < 1.29 is 0 Å². The van der Waals surface area contributed by atoms with Crippen molar-refractivity contribution in [1.82, 2.24) is 18.7 Å². The summed E-state index contributed by atoms with van der Waals surface area (Å²) >= 11 is 0. The normalized spacial score (nSPS) is 11.7. The van der Waals surface area contributed by atoms with Gasteiger partial charge >= 0.3 is 5.69 Å². The first-order chi connectivity index (χ1) is 10.4. The largest absolute Gasteiger partial charge is 0.332 e. The zero-order valence-corrected chi connectivity index (χ0v) is 13.8. The third-order valence-corrected chi connectivity index (χ3v) is 3.73. The van der Waals surface area contributed by atoms with Crippen molar-refractivity contribution in [3.05, 3.63) is 26.7 Å². The number of fused-ring (bicyclic) bond motifs is 1. The van der Waals surface area contributed by atoms with E-state index in [4.69, 9.17) is 5.73 Å². The molecule has 22 heavy (non-hydrogen) atoms. The van der Waals surface area contributed by atoms with Gasteiger partial charge < -0.3 is 10.3 Å². The lowest BCUT2D eigenvalue weighted by atomic mass is 10.1. The molecule has 2 rings (SSSR count). The summed E-state index contributed by atoms with van der Waals surface area (Å²) in [7, 11) is 1.84. The molecule has 0 aromatic carbocycles. The highest BCUT2D eigenvalue weighted by atomic mass is 16.2. The monoisotopic (exact) mass is 307 g/mol. The molecule has 2 aromatic rings. The summed E-state index contributed by atoms with van der Waals surface area (Å²) in [5.74, 6) is 1.25. The van der Waals surface area contributed by atoms with Crippen LogP contribution in [-0.4, -0.2) is 25.2 Å². The molecule has 7 nitrogen and oxygen atoms in total. The molecule has 122 valence electrons. The molecular weight excluding hydrogens is 282 g/mol. The number of aryl methyl sites for hydroxylation is 2. The molecule has 0 aliphatic rings. The number of rotatable bonds is 6. The lowest BCUT2D eigenvalue weighted by Gasteiger charge is -2.10. The van der Waals surface area contributed by atoms with Crippen LogP contribution in [0.5, 0.6) is 0 Å². The summed E-state index contributed by atoms with van der Waals surface area (Å²) in [6, 6.07) is 0. The summed E-state index contributed by atoms with van der Waals surface area (Å²) in [5, 5.41) is 0. The molecule has 0 unspecified atom stereocenters. The van der Waals surface area contributed by atoms with E-state index in [1.54, 1.807) is 4.57 Å². The third kappa shape index (κ3) is 2.72. The molecule has 2 aromatic heterocycles. The summed E-state index contributed by atoms with van der Waals surface area (Å²) in [6.07, 6.45) is 1.56. The van der Waals surface area contributed by atoms with Gasteiger partial charge in [-0.15, -0.1) is 0 Å². The molecule has 0 atom stereocenters. The second-order valence-electron chi connectivity index (χ2n) is 6.04. The molecule has 0 fully saturated rings. The number of imidazole rings is 1. The molecule has 2 heterocycles. The number of hydrogen-bond acceptors (Lipinski definition) is 4. The van der Waals surface area contributed by atoms with Crippen molar-refractivity contribution in [2.45, 2.75) is 46.7 Å². The lowest BCUT2D eigenvalue weighted by molar-refractivity contribution is 0.565. The summed E-state index contributed by atoms with van der Waals surface area (Å²) in [6.45, 7) is 7.22. The Bertz CT molecular complexity index is 782. The number of hydrogen-bond donors (Lipinski definition) is 1. The minimum atomic E-state index is -0.320. The fourth-order valence-corrected chi connectivity index (χ4v) is 2.71. The summed E-state index contributed by atoms with van der Waals surface area (Å²) in [4.78, 5) is 29.8. The van der Waals surface area contributed by atoms with Crippen LogP contribution in [0.25, 0.3) is 11.2 Å². The van der Waals surface area contributed by atoms with Crippen molar-refractivity contribution >= 4 is 11.2 Å². The van der Waals surface area contributed by atoms with Gasteiger partial charge in [-0.3, -0.25) is 13.9 Å². The van der Waals surface area contributed by atoms with Crippen LogP contribution < -0.4 is 17.0 Å². The smallest absolute Gasteiger partial charge is 0.329 e. The second kappa shape index (κ2) is 6.48.